The molecule has 0 aliphatic carbocycles. The molecule has 2 aromatic carbocycles. The van der Waals surface area contributed by atoms with Gasteiger partial charge in [-0.3, -0.25) is 4.79 Å². The van der Waals surface area contributed by atoms with Crippen LogP contribution < -0.4 is 5.32 Å². The molecule has 150 valence electrons. The molecule has 6 heteroatoms. The topological polar surface area (TPSA) is 73.2 Å². The molecule has 1 N–H and O–H groups in total. The lowest BCUT2D eigenvalue weighted by Gasteiger charge is -2.13. The van der Waals surface area contributed by atoms with E-state index in [1.165, 1.54) is 0 Å². The average molecular weight is 391 g/mol. The minimum absolute atomic E-state index is 0.273. The molecule has 0 unspecified atom stereocenters. The summed E-state index contributed by atoms with van der Waals surface area (Å²) in [6.07, 6.45) is 0. The number of carbonyl (C=O) groups excluding carboxylic acids is 2. The maximum atomic E-state index is 12.3. The van der Waals surface area contributed by atoms with Gasteiger partial charge in [-0.15, -0.1) is 0 Å². The molecular weight excluding hydrogens is 366 g/mol. The lowest BCUT2D eigenvalue weighted by Crippen LogP contribution is -2.21. The minimum Gasteiger partial charge on any atom is -0.452 e. The van der Waals surface area contributed by atoms with E-state index < -0.39 is 5.97 Å². The van der Waals surface area contributed by atoms with E-state index in [1.807, 2.05) is 48.9 Å². The number of ether oxygens (including phenoxy) is 1. The predicted octanol–water partition coefficient (Wildman–Crippen LogP) is 4.41. The lowest BCUT2D eigenvalue weighted by molar-refractivity contribution is -0.119. The Morgan fingerprint density at radius 3 is 2.38 bits per heavy atom. The number of anilines is 1. The van der Waals surface area contributed by atoms with Gasteiger partial charge < -0.3 is 10.1 Å². The van der Waals surface area contributed by atoms with Crippen molar-refractivity contribution in [2.24, 2.45) is 0 Å². The number of nitrogens with zero attached hydrogens (tertiary/aromatic N) is 2. The van der Waals surface area contributed by atoms with Crippen LogP contribution in [0.25, 0.3) is 5.69 Å². The van der Waals surface area contributed by atoms with Crippen molar-refractivity contribution in [2.75, 3.05) is 11.9 Å². The number of hydrogen-bond acceptors (Lipinski definition) is 4. The molecule has 3 aromatic rings. The van der Waals surface area contributed by atoms with Crippen LogP contribution in [0.5, 0.6) is 0 Å². The third kappa shape index (κ3) is 4.90. The van der Waals surface area contributed by atoms with Crippen molar-refractivity contribution in [3.63, 3.8) is 0 Å². The maximum absolute atomic E-state index is 12.3. The molecule has 6 nitrogen and oxygen atoms in total. The minimum atomic E-state index is -0.544. The number of amides is 1. The quantitative estimate of drug-likeness (QED) is 0.632. The molecule has 29 heavy (non-hydrogen) atoms. The first-order valence-electron chi connectivity index (χ1n) is 9.54. The molecule has 0 fully saturated rings. The molecule has 1 amide bonds. The number of rotatable bonds is 6. The van der Waals surface area contributed by atoms with Crippen LogP contribution in [0, 0.1) is 13.8 Å². The Labute approximate surface area is 170 Å². The van der Waals surface area contributed by atoms with Gasteiger partial charge in [0.05, 0.1) is 16.9 Å². The number of benzene rings is 2. The first-order chi connectivity index (χ1) is 13.8. The van der Waals surface area contributed by atoms with Gasteiger partial charge in [0.2, 0.25) is 0 Å². The van der Waals surface area contributed by atoms with Gasteiger partial charge in [0.1, 0.15) is 0 Å². The van der Waals surface area contributed by atoms with Gasteiger partial charge in [-0.2, -0.15) is 5.10 Å². The van der Waals surface area contributed by atoms with E-state index in [0.29, 0.717) is 5.56 Å². The SMILES string of the molecule is Cc1cc(C)n(-c2ccc(C(=O)OCC(=O)Nc3ccccc3C(C)C)cc2)n1. The Morgan fingerprint density at radius 1 is 1.07 bits per heavy atom. The van der Waals surface area contributed by atoms with E-state index in [-0.39, 0.29) is 18.4 Å². The highest BCUT2D eigenvalue weighted by molar-refractivity contribution is 5.96. The molecule has 0 atom stereocenters. The first-order valence-corrected chi connectivity index (χ1v) is 9.54. The number of para-hydroxylation sites is 1. The normalized spacial score (nSPS) is 10.8. The van der Waals surface area contributed by atoms with Crippen LogP contribution in [0.1, 0.15) is 47.1 Å². The average Bonchev–Trinajstić information content (AvgIpc) is 3.04. The highest BCUT2D eigenvalue weighted by Crippen LogP contribution is 2.23. The fraction of sp³-hybridized carbons (Fsp3) is 0.261. The van der Waals surface area contributed by atoms with Gasteiger partial charge in [0.25, 0.3) is 5.91 Å². The molecule has 0 aliphatic heterocycles. The smallest absolute Gasteiger partial charge is 0.338 e. The standard InChI is InChI=1S/C23H25N3O3/c1-15(2)20-7-5-6-8-21(20)24-22(27)14-29-23(28)18-9-11-19(12-10-18)26-17(4)13-16(3)25-26/h5-13,15H,14H2,1-4H3,(H,24,27). The summed E-state index contributed by atoms with van der Waals surface area (Å²) >= 11 is 0. The highest BCUT2D eigenvalue weighted by Gasteiger charge is 2.13. The summed E-state index contributed by atoms with van der Waals surface area (Å²) in [5.41, 5.74) is 4.94. The van der Waals surface area contributed by atoms with E-state index in [4.69, 9.17) is 4.74 Å². The zero-order valence-corrected chi connectivity index (χ0v) is 17.1. The zero-order valence-electron chi connectivity index (χ0n) is 17.1. The second-order valence-corrected chi connectivity index (χ2v) is 7.25. The number of aromatic nitrogens is 2. The van der Waals surface area contributed by atoms with Crippen LogP contribution >= 0.6 is 0 Å². The maximum Gasteiger partial charge on any atom is 0.338 e. The fourth-order valence-electron chi connectivity index (χ4n) is 3.14. The van der Waals surface area contributed by atoms with E-state index in [1.54, 1.807) is 24.3 Å². The van der Waals surface area contributed by atoms with Crippen molar-refractivity contribution in [1.82, 2.24) is 9.78 Å². The monoisotopic (exact) mass is 391 g/mol. The van der Waals surface area contributed by atoms with Gasteiger partial charge in [-0.1, -0.05) is 32.0 Å². The van der Waals surface area contributed by atoms with Crippen LogP contribution in [-0.2, 0) is 9.53 Å². The van der Waals surface area contributed by atoms with Gasteiger partial charge in [0.15, 0.2) is 6.61 Å². The Balaban J connectivity index is 1.59. The van der Waals surface area contributed by atoms with Crippen LogP contribution in [-0.4, -0.2) is 28.3 Å². The van der Waals surface area contributed by atoms with Crippen LogP contribution in [0.2, 0.25) is 0 Å². The van der Waals surface area contributed by atoms with Crippen molar-refractivity contribution >= 4 is 17.6 Å². The third-order valence-electron chi connectivity index (χ3n) is 4.55. The van der Waals surface area contributed by atoms with Gasteiger partial charge in [-0.25, -0.2) is 9.48 Å². The Bertz CT molecular complexity index is 1020. The third-order valence-corrected chi connectivity index (χ3v) is 4.55. The number of hydrogen-bond donors (Lipinski definition) is 1. The van der Waals surface area contributed by atoms with Crippen LogP contribution in [0.15, 0.2) is 54.6 Å². The molecule has 0 spiro atoms. The van der Waals surface area contributed by atoms with Crippen molar-refractivity contribution < 1.29 is 14.3 Å². The van der Waals surface area contributed by atoms with Crippen LogP contribution in [0.4, 0.5) is 5.69 Å². The summed E-state index contributed by atoms with van der Waals surface area (Å²) in [5.74, 6) is -0.641. The summed E-state index contributed by atoms with van der Waals surface area (Å²) in [6.45, 7) is 7.67. The second kappa shape index (κ2) is 8.73. The van der Waals surface area contributed by atoms with Crippen molar-refractivity contribution in [3.05, 3.63) is 77.1 Å². The Kier molecular flexibility index (Phi) is 6.12. The largest absolute Gasteiger partial charge is 0.452 e. The number of esters is 1. The summed E-state index contributed by atoms with van der Waals surface area (Å²) in [6, 6.07) is 16.5. The zero-order chi connectivity index (χ0) is 21.0. The summed E-state index contributed by atoms with van der Waals surface area (Å²) in [7, 11) is 0. The molecular formula is C23H25N3O3. The van der Waals surface area contributed by atoms with Gasteiger partial charge in [0, 0.05) is 11.4 Å². The molecule has 3 rings (SSSR count). The predicted molar refractivity (Wildman–Crippen MR) is 112 cm³/mol. The van der Waals surface area contributed by atoms with Gasteiger partial charge >= 0.3 is 5.97 Å². The van der Waals surface area contributed by atoms with Crippen LogP contribution in [0.3, 0.4) is 0 Å². The molecule has 0 bridgehead atoms. The Morgan fingerprint density at radius 2 is 1.76 bits per heavy atom. The van der Waals surface area contributed by atoms with E-state index in [2.05, 4.69) is 24.3 Å². The summed E-state index contributed by atoms with van der Waals surface area (Å²) < 4.78 is 6.97. The van der Waals surface area contributed by atoms with Crippen molar-refractivity contribution in [2.45, 2.75) is 33.6 Å². The lowest BCUT2D eigenvalue weighted by atomic mass is 10.0. The summed E-state index contributed by atoms with van der Waals surface area (Å²) in [4.78, 5) is 24.5. The highest BCUT2D eigenvalue weighted by atomic mass is 16.5. The van der Waals surface area contributed by atoms with E-state index >= 15 is 0 Å². The molecule has 0 aliphatic rings. The molecule has 0 saturated carbocycles. The van der Waals surface area contributed by atoms with Crippen molar-refractivity contribution in [1.29, 1.82) is 0 Å². The van der Waals surface area contributed by atoms with Crippen molar-refractivity contribution in [3.8, 4) is 5.69 Å². The number of aryl methyl sites for hydroxylation is 2. The summed E-state index contributed by atoms with van der Waals surface area (Å²) in [5, 5.41) is 7.23. The Hall–Kier alpha value is -3.41. The molecule has 1 heterocycles. The molecule has 1 aromatic heterocycles. The van der Waals surface area contributed by atoms with E-state index in [0.717, 1.165) is 28.3 Å². The number of nitrogens with one attached hydrogen (secondary N) is 1. The first kappa shape index (κ1) is 20.3. The second-order valence-electron chi connectivity index (χ2n) is 7.25. The molecule has 0 radical (unpaired) electrons. The number of carbonyl (C=O) groups is 2. The van der Waals surface area contributed by atoms with E-state index in [9.17, 15) is 9.59 Å². The van der Waals surface area contributed by atoms with Gasteiger partial charge in [-0.05, 0) is 61.7 Å². The fourth-order valence-corrected chi connectivity index (χ4v) is 3.14. The molecule has 0 saturated heterocycles.